The van der Waals surface area contributed by atoms with Crippen molar-refractivity contribution < 1.29 is 29.3 Å². The smallest absolute Gasteiger partial charge is 0.338 e. The summed E-state index contributed by atoms with van der Waals surface area (Å²) in [5.41, 5.74) is -0.477. The van der Waals surface area contributed by atoms with E-state index in [-0.39, 0.29) is 11.3 Å². The molecule has 6 heteroatoms. The molecule has 1 aromatic rings. The van der Waals surface area contributed by atoms with E-state index < -0.39 is 30.8 Å². The van der Waals surface area contributed by atoms with Gasteiger partial charge in [-0.1, -0.05) is 18.2 Å². The van der Waals surface area contributed by atoms with Crippen LogP contribution in [0.3, 0.4) is 0 Å². The van der Waals surface area contributed by atoms with Crippen LogP contribution in [0.25, 0.3) is 0 Å². The number of hydrogen-bond acceptors (Lipinski definition) is 6. The normalized spacial score (nSPS) is 14.1. The average Bonchev–Trinajstić information content (AvgIpc) is 2.51. The lowest BCUT2D eigenvalue weighted by molar-refractivity contribution is -0.152. The topological polar surface area (TPSA) is 93.1 Å². The standard InChI is InChI=1S/C17H22O6/c1-5-12(3)16(20)23-15-8-11(2)6-7-14(15)17(21,9-18)10-22-13(4)19/h5-8,18,21H,9-10H2,1-4H3/b12-5+/t17-/m1/s1. The van der Waals surface area contributed by atoms with Crippen LogP contribution in [0.4, 0.5) is 0 Å². The van der Waals surface area contributed by atoms with Gasteiger partial charge in [-0.05, 0) is 32.4 Å². The molecule has 23 heavy (non-hydrogen) atoms. The monoisotopic (exact) mass is 322 g/mol. The van der Waals surface area contributed by atoms with Gasteiger partial charge >= 0.3 is 11.9 Å². The second-order valence-corrected chi connectivity index (χ2v) is 5.33. The van der Waals surface area contributed by atoms with E-state index in [1.807, 2.05) is 0 Å². The van der Waals surface area contributed by atoms with Crippen LogP contribution in [0.5, 0.6) is 5.75 Å². The highest BCUT2D eigenvalue weighted by atomic mass is 16.5. The van der Waals surface area contributed by atoms with Gasteiger partial charge in [-0.15, -0.1) is 0 Å². The molecule has 0 saturated heterocycles. The number of allylic oxidation sites excluding steroid dienone is 1. The van der Waals surface area contributed by atoms with Crippen molar-refractivity contribution in [3.05, 3.63) is 41.0 Å². The molecule has 0 aliphatic heterocycles. The maximum absolute atomic E-state index is 12.0. The molecule has 0 radical (unpaired) electrons. The fourth-order valence-corrected chi connectivity index (χ4v) is 1.83. The zero-order chi connectivity index (χ0) is 17.6. The van der Waals surface area contributed by atoms with Crippen LogP contribution >= 0.6 is 0 Å². The summed E-state index contributed by atoms with van der Waals surface area (Å²) in [5.74, 6) is -1.04. The first-order valence-electron chi connectivity index (χ1n) is 7.16. The van der Waals surface area contributed by atoms with Crippen LogP contribution in [0.15, 0.2) is 29.8 Å². The largest absolute Gasteiger partial charge is 0.462 e. The number of rotatable bonds is 6. The van der Waals surface area contributed by atoms with E-state index >= 15 is 0 Å². The predicted molar refractivity (Wildman–Crippen MR) is 83.9 cm³/mol. The highest BCUT2D eigenvalue weighted by Crippen LogP contribution is 2.32. The Morgan fingerprint density at radius 1 is 1.30 bits per heavy atom. The van der Waals surface area contributed by atoms with E-state index in [4.69, 9.17) is 9.47 Å². The number of aryl methyl sites for hydroxylation is 1. The highest BCUT2D eigenvalue weighted by Gasteiger charge is 2.34. The third kappa shape index (κ3) is 4.91. The summed E-state index contributed by atoms with van der Waals surface area (Å²) in [7, 11) is 0. The Bertz CT molecular complexity index is 620. The average molecular weight is 322 g/mol. The minimum Gasteiger partial charge on any atom is -0.462 e. The van der Waals surface area contributed by atoms with Gasteiger partial charge in [0.2, 0.25) is 0 Å². The number of carbonyl (C=O) groups is 2. The molecule has 0 saturated carbocycles. The van der Waals surface area contributed by atoms with Crippen molar-refractivity contribution in [3.63, 3.8) is 0 Å². The van der Waals surface area contributed by atoms with Crippen LogP contribution in [-0.2, 0) is 19.9 Å². The van der Waals surface area contributed by atoms with Gasteiger partial charge in [0.25, 0.3) is 0 Å². The fraction of sp³-hybridized carbons (Fsp3) is 0.412. The third-order valence-corrected chi connectivity index (χ3v) is 3.37. The highest BCUT2D eigenvalue weighted by molar-refractivity contribution is 5.89. The Balaban J connectivity index is 3.23. The van der Waals surface area contributed by atoms with Gasteiger partial charge in [-0.2, -0.15) is 0 Å². The first-order chi connectivity index (χ1) is 10.7. The molecule has 126 valence electrons. The molecule has 0 fully saturated rings. The van der Waals surface area contributed by atoms with Crippen LogP contribution in [0.1, 0.15) is 31.9 Å². The van der Waals surface area contributed by atoms with E-state index in [1.165, 1.54) is 13.0 Å². The maximum atomic E-state index is 12.0. The molecule has 1 atom stereocenters. The number of hydrogen-bond donors (Lipinski definition) is 2. The van der Waals surface area contributed by atoms with Gasteiger partial charge in [0.1, 0.15) is 12.4 Å². The molecule has 1 rings (SSSR count). The molecule has 1 aromatic carbocycles. The molecule has 0 aromatic heterocycles. The Morgan fingerprint density at radius 3 is 2.48 bits per heavy atom. The molecular formula is C17H22O6. The molecule has 0 heterocycles. The zero-order valence-electron chi connectivity index (χ0n) is 13.8. The van der Waals surface area contributed by atoms with Gasteiger partial charge in [-0.25, -0.2) is 4.79 Å². The summed E-state index contributed by atoms with van der Waals surface area (Å²) in [6.07, 6.45) is 1.61. The Hall–Kier alpha value is -2.18. The maximum Gasteiger partial charge on any atom is 0.338 e. The molecule has 2 N–H and O–H groups in total. The number of benzene rings is 1. The van der Waals surface area contributed by atoms with Crippen LogP contribution in [0, 0.1) is 6.92 Å². The van der Waals surface area contributed by atoms with Gasteiger partial charge in [0, 0.05) is 18.1 Å². The Kier molecular flexibility index (Phi) is 6.48. The summed E-state index contributed by atoms with van der Waals surface area (Å²) in [4.78, 5) is 22.9. The minimum atomic E-state index is -1.86. The van der Waals surface area contributed by atoms with Gasteiger partial charge in [0.15, 0.2) is 5.60 Å². The van der Waals surface area contributed by atoms with Gasteiger partial charge < -0.3 is 19.7 Å². The van der Waals surface area contributed by atoms with Crippen molar-refractivity contribution in [1.29, 1.82) is 0 Å². The molecule has 0 bridgehead atoms. The first-order valence-corrected chi connectivity index (χ1v) is 7.16. The second kappa shape index (κ2) is 7.89. The summed E-state index contributed by atoms with van der Waals surface area (Å²) in [6.45, 7) is 5.16. The lowest BCUT2D eigenvalue weighted by atomic mass is 9.93. The number of carbonyl (C=O) groups excluding carboxylic acids is 2. The van der Waals surface area contributed by atoms with Gasteiger partial charge in [-0.3, -0.25) is 4.79 Å². The SMILES string of the molecule is C/C=C(\C)C(=O)Oc1cc(C)ccc1[C@@](O)(CO)COC(C)=O. The summed E-state index contributed by atoms with van der Waals surface area (Å²) >= 11 is 0. The summed E-state index contributed by atoms with van der Waals surface area (Å²) in [5, 5.41) is 20.1. The predicted octanol–water partition coefficient (Wildman–Crippen LogP) is 1.61. The quantitative estimate of drug-likeness (QED) is 0.469. The molecular weight excluding hydrogens is 300 g/mol. The molecule has 0 amide bonds. The van der Waals surface area contributed by atoms with Crippen LogP contribution in [-0.4, -0.2) is 35.4 Å². The molecule has 0 unspecified atom stereocenters. The van der Waals surface area contributed by atoms with E-state index in [0.29, 0.717) is 5.57 Å². The van der Waals surface area contributed by atoms with Crippen LogP contribution in [0.2, 0.25) is 0 Å². The number of aliphatic hydroxyl groups excluding tert-OH is 1. The number of ether oxygens (including phenoxy) is 2. The van der Waals surface area contributed by atoms with Gasteiger partial charge in [0.05, 0.1) is 6.61 Å². The van der Waals surface area contributed by atoms with Crippen LogP contribution < -0.4 is 4.74 Å². The molecule has 6 nitrogen and oxygen atoms in total. The second-order valence-electron chi connectivity index (χ2n) is 5.33. The lowest BCUT2D eigenvalue weighted by Crippen LogP contribution is -2.37. The Labute approximate surface area is 135 Å². The van der Waals surface area contributed by atoms with Crippen molar-refractivity contribution in [3.8, 4) is 5.75 Å². The van der Waals surface area contributed by atoms with E-state index in [0.717, 1.165) is 5.56 Å². The van der Waals surface area contributed by atoms with E-state index in [2.05, 4.69) is 0 Å². The number of esters is 2. The van der Waals surface area contributed by atoms with E-state index in [9.17, 15) is 19.8 Å². The first kappa shape index (κ1) is 18.9. The minimum absolute atomic E-state index is 0.111. The third-order valence-electron chi connectivity index (χ3n) is 3.37. The Morgan fingerprint density at radius 2 is 1.96 bits per heavy atom. The number of aliphatic hydroxyl groups is 2. The fourth-order valence-electron chi connectivity index (χ4n) is 1.83. The van der Waals surface area contributed by atoms with Crippen molar-refractivity contribution in [1.82, 2.24) is 0 Å². The van der Waals surface area contributed by atoms with E-state index in [1.54, 1.807) is 39.0 Å². The lowest BCUT2D eigenvalue weighted by Gasteiger charge is -2.27. The molecule has 0 aliphatic rings. The van der Waals surface area contributed by atoms with Crippen molar-refractivity contribution in [2.24, 2.45) is 0 Å². The zero-order valence-corrected chi connectivity index (χ0v) is 13.8. The summed E-state index contributed by atoms with van der Waals surface area (Å²) in [6, 6.07) is 4.80. The van der Waals surface area contributed by atoms with Crippen molar-refractivity contribution in [2.45, 2.75) is 33.3 Å². The molecule has 0 spiro atoms. The van der Waals surface area contributed by atoms with Crippen molar-refractivity contribution in [2.75, 3.05) is 13.2 Å². The van der Waals surface area contributed by atoms with Crippen molar-refractivity contribution >= 4 is 11.9 Å². The summed E-state index contributed by atoms with van der Waals surface area (Å²) < 4.78 is 10.1. The molecule has 0 aliphatic carbocycles.